The molecule has 17 heavy (non-hydrogen) atoms. The second kappa shape index (κ2) is 5.56. The van der Waals surface area contributed by atoms with Gasteiger partial charge in [-0.3, -0.25) is 0 Å². The van der Waals surface area contributed by atoms with Crippen LogP contribution in [-0.4, -0.2) is 18.8 Å². The maximum absolute atomic E-state index is 11.9. The fourth-order valence-corrected chi connectivity index (χ4v) is 1.89. The van der Waals surface area contributed by atoms with Crippen LogP contribution in [0.25, 0.3) is 0 Å². The Kier molecular flexibility index (Phi) is 4.60. The van der Waals surface area contributed by atoms with Crippen molar-refractivity contribution in [2.24, 2.45) is 11.8 Å². The number of ether oxygens (including phenoxy) is 1. The lowest BCUT2D eigenvalue weighted by Crippen LogP contribution is -2.26. The van der Waals surface area contributed by atoms with Crippen molar-refractivity contribution in [1.29, 1.82) is 0 Å². The Balaban J connectivity index is 2.38. The summed E-state index contributed by atoms with van der Waals surface area (Å²) in [5, 5.41) is 0. The van der Waals surface area contributed by atoms with Gasteiger partial charge in [-0.1, -0.05) is 19.9 Å². The number of alkyl halides is 3. The second-order valence-electron chi connectivity index (χ2n) is 4.71. The van der Waals surface area contributed by atoms with Crippen LogP contribution in [0.3, 0.4) is 0 Å². The molecule has 1 unspecified atom stereocenters. The smallest absolute Gasteiger partial charge is 0.455 e. The predicted octanol–water partition coefficient (Wildman–Crippen LogP) is 3.47. The van der Waals surface area contributed by atoms with Gasteiger partial charge in [0.25, 0.3) is 0 Å². The van der Waals surface area contributed by atoms with Crippen molar-refractivity contribution in [1.82, 2.24) is 0 Å². The molecule has 0 aliphatic heterocycles. The minimum Gasteiger partial charge on any atom is -0.455 e. The Bertz CT molecular complexity index is 305. The molecule has 0 saturated carbocycles. The van der Waals surface area contributed by atoms with E-state index >= 15 is 0 Å². The fourth-order valence-electron chi connectivity index (χ4n) is 1.89. The molecule has 0 aromatic carbocycles. The first kappa shape index (κ1) is 14.1. The molecule has 0 spiro atoms. The van der Waals surface area contributed by atoms with Crippen molar-refractivity contribution in [3.05, 3.63) is 11.6 Å². The van der Waals surface area contributed by atoms with E-state index in [1.807, 2.05) is 6.08 Å². The number of hydrogen-bond acceptors (Lipinski definition) is 2. The number of hydrogen-bond donors (Lipinski definition) is 0. The van der Waals surface area contributed by atoms with E-state index in [9.17, 15) is 18.0 Å². The topological polar surface area (TPSA) is 26.3 Å². The van der Waals surface area contributed by atoms with Crippen LogP contribution in [0.15, 0.2) is 11.6 Å². The molecule has 98 valence electrons. The summed E-state index contributed by atoms with van der Waals surface area (Å²) in [5.74, 6) is -0.952. The van der Waals surface area contributed by atoms with E-state index in [0.717, 1.165) is 18.4 Å². The lowest BCUT2D eigenvalue weighted by molar-refractivity contribution is -0.198. The Morgan fingerprint density at radius 2 is 2.18 bits per heavy atom. The molecule has 0 heterocycles. The summed E-state index contributed by atoms with van der Waals surface area (Å²) in [7, 11) is 0. The molecule has 0 aromatic heterocycles. The van der Waals surface area contributed by atoms with E-state index in [4.69, 9.17) is 0 Å². The van der Waals surface area contributed by atoms with Crippen LogP contribution in [0.4, 0.5) is 13.2 Å². The lowest BCUT2D eigenvalue weighted by atomic mass is 9.82. The van der Waals surface area contributed by atoms with Gasteiger partial charge in [0.2, 0.25) is 0 Å². The molecule has 0 saturated heterocycles. The summed E-state index contributed by atoms with van der Waals surface area (Å²) in [6, 6.07) is 0. The number of halogens is 3. The normalized spacial score (nSPS) is 21.3. The zero-order valence-corrected chi connectivity index (χ0v) is 10.0. The number of carbonyl (C=O) groups excluding carboxylic acids is 1. The molecule has 0 amide bonds. The summed E-state index contributed by atoms with van der Waals surface area (Å²) >= 11 is 0. The maximum Gasteiger partial charge on any atom is 0.490 e. The van der Waals surface area contributed by atoms with Crippen molar-refractivity contribution in [3.63, 3.8) is 0 Å². The van der Waals surface area contributed by atoms with Crippen LogP contribution < -0.4 is 0 Å². The van der Waals surface area contributed by atoms with E-state index < -0.39 is 12.1 Å². The Morgan fingerprint density at radius 3 is 2.59 bits per heavy atom. The first-order valence-electron chi connectivity index (χ1n) is 5.72. The van der Waals surface area contributed by atoms with Crippen LogP contribution >= 0.6 is 0 Å². The summed E-state index contributed by atoms with van der Waals surface area (Å²) in [5.41, 5.74) is 0.791. The van der Waals surface area contributed by atoms with Gasteiger partial charge in [-0.15, -0.1) is 0 Å². The summed E-state index contributed by atoms with van der Waals surface area (Å²) in [4.78, 5) is 10.5. The first-order chi connectivity index (χ1) is 7.80. The monoisotopic (exact) mass is 250 g/mol. The second-order valence-corrected chi connectivity index (χ2v) is 4.71. The third kappa shape index (κ3) is 4.40. The SMILES string of the molecule is CC(C)C1CC=C(COC(=O)C(F)(F)F)CC1. The summed E-state index contributed by atoms with van der Waals surface area (Å²) in [6.45, 7) is 4.03. The predicted molar refractivity (Wildman–Crippen MR) is 57.3 cm³/mol. The van der Waals surface area contributed by atoms with Gasteiger partial charge in [0.15, 0.2) is 0 Å². The zero-order valence-electron chi connectivity index (χ0n) is 10.0. The van der Waals surface area contributed by atoms with Crippen molar-refractivity contribution in [2.75, 3.05) is 6.61 Å². The number of carbonyl (C=O) groups is 1. The molecule has 0 N–H and O–H groups in total. The summed E-state index contributed by atoms with van der Waals surface area (Å²) < 4.78 is 39.8. The average molecular weight is 250 g/mol. The Morgan fingerprint density at radius 1 is 1.53 bits per heavy atom. The van der Waals surface area contributed by atoms with Crippen LogP contribution in [-0.2, 0) is 9.53 Å². The van der Waals surface area contributed by atoms with Gasteiger partial charge < -0.3 is 4.74 Å². The molecule has 0 radical (unpaired) electrons. The molecule has 5 heteroatoms. The zero-order chi connectivity index (χ0) is 13.1. The maximum atomic E-state index is 11.9. The van der Waals surface area contributed by atoms with E-state index in [1.54, 1.807) is 0 Å². The molecule has 0 bridgehead atoms. The highest BCUT2D eigenvalue weighted by Gasteiger charge is 2.41. The third-order valence-corrected chi connectivity index (χ3v) is 3.11. The van der Waals surface area contributed by atoms with E-state index in [2.05, 4.69) is 18.6 Å². The molecule has 1 rings (SSSR count). The molecular weight excluding hydrogens is 233 g/mol. The highest BCUT2D eigenvalue weighted by Crippen LogP contribution is 2.29. The average Bonchev–Trinajstić information content (AvgIpc) is 2.25. The minimum absolute atomic E-state index is 0.233. The van der Waals surface area contributed by atoms with Crippen LogP contribution in [0.2, 0.25) is 0 Å². The van der Waals surface area contributed by atoms with Crippen molar-refractivity contribution in [3.8, 4) is 0 Å². The molecule has 1 aliphatic carbocycles. The van der Waals surface area contributed by atoms with E-state index in [1.165, 1.54) is 0 Å². The van der Waals surface area contributed by atoms with Gasteiger partial charge in [-0.25, -0.2) is 4.79 Å². The standard InChI is InChI=1S/C12H17F3O2/c1-8(2)10-5-3-9(4-6-10)7-17-11(16)12(13,14)15/h3,8,10H,4-7H2,1-2H3. The lowest BCUT2D eigenvalue weighted by Gasteiger charge is -2.24. The molecular formula is C12H17F3O2. The van der Waals surface area contributed by atoms with Gasteiger partial charge in [0.05, 0.1) is 0 Å². The molecule has 2 nitrogen and oxygen atoms in total. The van der Waals surface area contributed by atoms with Crippen LogP contribution in [0.1, 0.15) is 33.1 Å². The van der Waals surface area contributed by atoms with Crippen LogP contribution in [0.5, 0.6) is 0 Å². The van der Waals surface area contributed by atoms with Gasteiger partial charge in [-0.05, 0) is 36.7 Å². The minimum atomic E-state index is -4.89. The quantitative estimate of drug-likeness (QED) is 0.566. The number of allylic oxidation sites excluding steroid dienone is 1. The number of rotatable bonds is 3. The molecule has 1 atom stereocenters. The number of esters is 1. The molecule has 0 fully saturated rings. The van der Waals surface area contributed by atoms with Crippen LogP contribution in [0, 0.1) is 11.8 Å². The first-order valence-corrected chi connectivity index (χ1v) is 5.72. The Labute approximate surface area is 98.8 Å². The third-order valence-electron chi connectivity index (χ3n) is 3.11. The van der Waals surface area contributed by atoms with Gasteiger partial charge in [-0.2, -0.15) is 13.2 Å². The van der Waals surface area contributed by atoms with Gasteiger partial charge in [0, 0.05) is 0 Å². The molecule has 1 aliphatic rings. The largest absolute Gasteiger partial charge is 0.490 e. The van der Waals surface area contributed by atoms with Gasteiger partial charge >= 0.3 is 12.1 Å². The highest BCUT2D eigenvalue weighted by molar-refractivity contribution is 5.75. The van der Waals surface area contributed by atoms with E-state index in [0.29, 0.717) is 18.3 Å². The Hall–Kier alpha value is -1.00. The fraction of sp³-hybridized carbons (Fsp3) is 0.750. The summed E-state index contributed by atoms with van der Waals surface area (Å²) in [6.07, 6.45) is -0.467. The van der Waals surface area contributed by atoms with Crippen molar-refractivity contribution >= 4 is 5.97 Å². The molecule has 0 aromatic rings. The van der Waals surface area contributed by atoms with E-state index in [-0.39, 0.29) is 6.61 Å². The van der Waals surface area contributed by atoms with Crippen molar-refractivity contribution in [2.45, 2.75) is 39.3 Å². The van der Waals surface area contributed by atoms with Gasteiger partial charge in [0.1, 0.15) is 6.61 Å². The highest BCUT2D eigenvalue weighted by atomic mass is 19.4. The van der Waals surface area contributed by atoms with Crippen molar-refractivity contribution < 1.29 is 22.7 Å².